The second-order valence-corrected chi connectivity index (χ2v) is 18.2. The molecule has 3 aliphatic carbocycles. The molecule has 3 saturated carbocycles. The summed E-state index contributed by atoms with van der Waals surface area (Å²) in [4.78, 5) is 90.7. The van der Waals surface area contributed by atoms with Crippen molar-refractivity contribution in [2.45, 2.75) is 193 Å². The van der Waals surface area contributed by atoms with Gasteiger partial charge in [0.25, 0.3) is 0 Å². The van der Waals surface area contributed by atoms with Gasteiger partial charge in [-0.1, -0.05) is 59.3 Å². The average Bonchev–Trinajstić information content (AvgIpc) is 3.56. The molecule has 2 unspecified atom stereocenters. The van der Waals surface area contributed by atoms with Gasteiger partial charge >= 0.3 is 7.12 Å². The summed E-state index contributed by atoms with van der Waals surface area (Å²) < 4.78 is 12.7. The molecule has 61 heavy (non-hydrogen) atoms. The number of aliphatic hydroxyl groups excluding tert-OH is 1. The number of carbonyl (C=O) groups excluding carboxylic acids is 7. The Balaban J connectivity index is 1.52. The normalized spacial score (nSPS) is 24.0. The molecule has 19 heteroatoms. The minimum Gasteiger partial charge on any atom is -0.404 e. The Labute approximate surface area is 362 Å². The Morgan fingerprint density at radius 3 is 2.03 bits per heavy atom. The Morgan fingerprint density at radius 2 is 1.41 bits per heavy atom. The van der Waals surface area contributed by atoms with E-state index in [1.54, 1.807) is 6.92 Å². The molecule has 11 N–H and O–H groups in total. The van der Waals surface area contributed by atoms with E-state index in [4.69, 9.17) is 20.8 Å². The molecule has 4 aliphatic rings. The van der Waals surface area contributed by atoms with E-state index in [9.17, 15) is 38.7 Å². The molecule has 0 aromatic rings. The van der Waals surface area contributed by atoms with Crippen LogP contribution in [0.5, 0.6) is 0 Å². The second-order valence-electron chi connectivity index (χ2n) is 18.2. The summed E-state index contributed by atoms with van der Waals surface area (Å²) in [6.45, 7) is 13.5. The van der Waals surface area contributed by atoms with Crippen LogP contribution in [0.2, 0.25) is 0 Å². The van der Waals surface area contributed by atoms with Gasteiger partial charge < -0.3 is 57.8 Å². The SMILES string of the molecule is CCCCCCCCCC(=O)NCCC(=O)N[C@@H](CCCCN)C(=O)N[C@H](C(=O)N[C@@H](C)C(=O)N[C@@H](CC(N)=O)C(=O)N[C@@H](C)B1OC2C[C@@H]3C[C@@H](C3(C)C)[C@]2(C)O1)C(C)O. The highest BCUT2D eigenvalue weighted by Crippen LogP contribution is 2.65. The van der Waals surface area contributed by atoms with Gasteiger partial charge in [0.05, 0.1) is 30.2 Å². The molecular weight excluding hydrogens is 787 g/mol. The Morgan fingerprint density at radius 1 is 0.754 bits per heavy atom. The smallest absolute Gasteiger partial charge is 0.404 e. The molecule has 1 heterocycles. The van der Waals surface area contributed by atoms with Crippen molar-refractivity contribution in [3.63, 3.8) is 0 Å². The van der Waals surface area contributed by atoms with Crippen molar-refractivity contribution in [1.82, 2.24) is 31.9 Å². The zero-order valence-corrected chi connectivity index (χ0v) is 37.6. The van der Waals surface area contributed by atoms with Crippen molar-refractivity contribution >= 4 is 48.5 Å². The number of rotatable bonds is 28. The number of primary amides is 1. The molecular formula is C42H75BN8O10. The van der Waals surface area contributed by atoms with Gasteiger partial charge in [-0.3, -0.25) is 33.6 Å². The minimum absolute atomic E-state index is 0.0780. The number of amides is 7. The fourth-order valence-corrected chi connectivity index (χ4v) is 8.92. The van der Waals surface area contributed by atoms with E-state index < -0.39 is 90.8 Å². The predicted molar refractivity (Wildman–Crippen MR) is 230 cm³/mol. The molecule has 0 aromatic carbocycles. The highest BCUT2D eigenvalue weighted by Gasteiger charge is 2.68. The maximum absolute atomic E-state index is 13.5. The van der Waals surface area contributed by atoms with Gasteiger partial charge in [0.1, 0.15) is 24.2 Å². The van der Waals surface area contributed by atoms with E-state index in [-0.39, 0.29) is 36.8 Å². The van der Waals surface area contributed by atoms with Crippen LogP contribution in [-0.4, -0.2) is 115 Å². The number of nitrogens with two attached hydrogens (primary N) is 2. The summed E-state index contributed by atoms with van der Waals surface area (Å²) >= 11 is 0. The van der Waals surface area contributed by atoms with Crippen LogP contribution in [-0.2, 0) is 42.9 Å². The van der Waals surface area contributed by atoms with Gasteiger partial charge in [-0.15, -0.1) is 0 Å². The molecule has 0 aromatic heterocycles. The topological polar surface area (TPSA) is 282 Å². The van der Waals surface area contributed by atoms with Crippen LogP contribution in [0.1, 0.15) is 145 Å². The number of carbonyl (C=O) groups is 7. The fourth-order valence-electron chi connectivity index (χ4n) is 8.92. The summed E-state index contributed by atoms with van der Waals surface area (Å²) in [6, 6.07) is -5.33. The minimum atomic E-state index is -1.54. The van der Waals surface area contributed by atoms with Gasteiger partial charge in [-0.2, -0.15) is 0 Å². The number of nitrogens with one attached hydrogen (secondary N) is 6. The van der Waals surface area contributed by atoms with Crippen LogP contribution < -0.4 is 43.4 Å². The van der Waals surface area contributed by atoms with Crippen molar-refractivity contribution < 1.29 is 48.0 Å². The number of unbranched alkanes of at least 4 members (excludes halogenated alkanes) is 7. The van der Waals surface area contributed by atoms with Crippen LogP contribution >= 0.6 is 0 Å². The quantitative estimate of drug-likeness (QED) is 0.0391. The lowest BCUT2D eigenvalue weighted by atomic mass is 9.43. The molecule has 7 amide bonds. The maximum Gasteiger partial charge on any atom is 0.481 e. The number of hydrogen-bond acceptors (Lipinski definition) is 11. The molecule has 4 fully saturated rings. The third-order valence-corrected chi connectivity index (χ3v) is 12.9. The number of hydrogen-bond donors (Lipinski definition) is 9. The first-order valence-electron chi connectivity index (χ1n) is 22.5. The first-order chi connectivity index (χ1) is 28.7. The van der Waals surface area contributed by atoms with E-state index in [0.717, 1.165) is 38.5 Å². The summed E-state index contributed by atoms with van der Waals surface area (Å²) in [5.74, 6) is -4.52. The van der Waals surface area contributed by atoms with E-state index in [1.165, 1.54) is 33.1 Å². The van der Waals surface area contributed by atoms with Gasteiger partial charge in [0.2, 0.25) is 41.4 Å². The third-order valence-electron chi connectivity index (χ3n) is 12.9. The first-order valence-corrected chi connectivity index (χ1v) is 22.5. The molecule has 4 rings (SSSR count). The molecule has 1 aliphatic heterocycles. The second kappa shape index (κ2) is 24.2. The summed E-state index contributed by atoms with van der Waals surface area (Å²) in [5, 5.41) is 26.1. The van der Waals surface area contributed by atoms with Crippen LogP contribution in [0.15, 0.2) is 0 Å². The molecule has 1 saturated heterocycles. The standard InChI is InChI=1S/C42H75BN8O10/c1-8-9-10-11-12-13-14-18-34(54)46-21-19-35(55)49-29(17-15-16-20-44)38(57)51-36(26(3)52)40(59)47-25(2)37(56)50-30(24-33(45)53)39(58)48-27(4)43-60-32-23-28-22-31(41(28,5)6)42(32,7)61-43/h25-32,36,52H,8-24,44H2,1-7H3,(H2,45,53)(H,46,54)(H,47,59)(H,48,58)(H,49,55)(H,50,56)(H,51,57)/t25-,26?,27-,28-,29-,30-,31-,32?,36-,42-/m0/s1. The highest BCUT2D eigenvalue weighted by molar-refractivity contribution is 6.47. The van der Waals surface area contributed by atoms with E-state index in [0.29, 0.717) is 37.6 Å². The monoisotopic (exact) mass is 863 g/mol. The van der Waals surface area contributed by atoms with Crippen LogP contribution in [0, 0.1) is 17.3 Å². The average molecular weight is 863 g/mol. The van der Waals surface area contributed by atoms with Crippen LogP contribution in [0.25, 0.3) is 0 Å². The van der Waals surface area contributed by atoms with E-state index in [2.05, 4.69) is 59.6 Å². The molecule has 0 radical (unpaired) electrons. The van der Waals surface area contributed by atoms with Crippen molar-refractivity contribution in [2.75, 3.05) is 13.1 Å². The molecule has 2 bridgehead atoms. The van der Waals surface area contributed by atoms with Gasteiger partial charge in [0, 0.05) is 19.4 Å². The molecule has 10 atom stereocenters. The van der Waals surface area contributed by atoms with Crippen molar-refractivity contribution in [3.8, 4) is 0 Å². The maximum atomic E-state index is 13.5. The van der Waals surface area contributed by atoms with Gasteiger partial charge in [-0.05, 0) is 90.0 Å². The Bertz CT molecular complexity index is 1520. The summed E-state index contributed by atoms with van der Waals surface area (Å²) in [7, 11) is -0.754. The van der Waals surface area contributed by atoms with Crippen LogP contribution in [0.3, 0.4) is 0 Å². The van der Waals surface area contributed by atoms with E-state index >= 15 is 0 Å². The van der Waals surface area contributed by atoms with E-state index in [1.807, 2.05) is 0 Å². The highest BCUT2D eigenvalue weighted by atomic mass is 16.7. The predicted octanol–water partition coefficient (Wildman–Crippen LogP) is 0.750. The first kappa shape index (κ1) is 51.5. The van der Waals surface area contributed by atoms with Crippen LogP contribution in [0.4, 0.5) is 0 Å². The van der Waals surface area contributed by atoms with Crippen molar-refractivity contribution in [3.05, 3.63) is 0 Å². The Hall–Kier alpha value is -3.81. The van der Waals surface area contributed by atoms with Crippen molar-refractivity contribution in [1.29, 1.82) is 0 Å². The lowest BCUT2D eigenvalue weighted by Gasteiger charge is -2.64. The molecule has 346 valence electrons. The largest absolute Gasteiger partial charge is 0.481 e. The Kier molecular flexibility index (Phi) is 20.4. The fraction of sp³-hybridized carbons (Fsp3) is 0.833. The van der Waals surface area contributed by atoms with Crippen molar-refractivity contribution in [2.24, 2.45) is 28.7 Å². The summed E-state index contributed by atoms with van der Waals surface area (Å²) in [5.41, 5.74) is 10.7. The lowest BCUT2D eigenvalue weighted by molar-refractivity contribution is -0.199. The number of aliphatic hydroxyl groups is 1. The lowest BCUT2D eigenvalue weighted by Crippen LogP contribution is -2.65. The van der Waals surface area contributed by atoms with Gasteiger partial charge in [-0.25, -0.2) is 0 Å². The third kappa shape index (κ3) is 14.9. The zero-order valence-electron chi connectivity index (χ0n) is 37.6. The molecule has 0 spiro atoms. The summed E-state index contributed by atoms with van der Waals surface area (Å²) in [6.07, 6.45) is 8.92. The molecule has 18 nitrogen and oxygen atoms in total. The zero-order chi connectivity index (χ0) is 45.5. The van der Waals surface area contributed by atoms with Gasteiger partial charge in [0.15, 0.2) is 0 Å².